The fourth-order valence-corrected chi connectivity index (χ4v) is 2.06. The molecular weight excluding hydrogens is 304 g/mol. The number of anilines is 1. The van der Waals surface area contributed by atoms with Crippen LogP contribution in [0.3, 0.4) is 0 Å². The lowest BCUT2D eigenvalue weighted by atomic mass is 9.86. The average Bonchev–Trinajstić information content (AvgIpc) is 2.45. The van der Waals surface area contributed by atoms with Gasteiger partial charge in [-0.3, -0.25) is 20.2 Å². The van der Waals surface area contributed by atoms with Gasteiger partial charge in [0.2, 0.25) is 5.69 Å². The quantitative estimate of drug-likeness (QED) is 0.441. The maximum atomic E-state index is 11.4. The molecule has 126 valence electrons. The van der Waals surface area contributed by atoms with Gasteiger partial charge in [0, 0.05) is 12.1 Å². The van der Waals surface area contributed by atoms with Crippen LogP contribution in [0.4, 0.5) is 17.1 Å². The summed E-state index contributed by atoms with van der Waals surface area (Å²) in [5.41, 5.74) is -1.45. The Labute approximate surface area is 133 Å². The third-order valence-electron chi connectivity index (χ3n) is 3.65. The zero-order valence-electron chi connectivity index (χ0n) is 13.8. The molecule has 9 nitrogen and oxygen atoms in total. The summed E-state index contributed by atoms with van der Waals surface area (Å²) >= 11 is 0. The van der Waals surface area contributed by atoms with Crippen molar-refractivity contribution in [2.45, 2.75) is 52.5 Å². The predicted octanol–water partition coefficient (Wildman–Crippen LogP) is 4.09. The second-order valence-electron chi connectivity index (χ2n) is 6.31. The molecule has 0 radical (unpaired) electrons. The van der Waals surface area contributed by atoms with Gasteiger partial charge < -0.3 is 0 Å². The second-order valence-corrected chi connectivity index (χ2v) is 6.31. The maximum Gasteiger partial charge on any atom is 0.302 e. The summed E-state index contributed by atoms with van der Waals surface area (Å²) in [7, 11) is 0. The lowest BCUT2D eigenvalue weighted by Gasteiger charge is -2.24. The molecule has 0 aliphatic heterocycles. The van der Waals surface area contributed by atoms with E-state index in [2.05, 4.69) is 5.29 Å². The molecular formula is C14H20N4O5. The van der Waals surface area contributed by atoms with Gasteiger partial charge in [-0.1, -0.05) is 27.7 Å². The Hall–Kier alpha value is -2.58. The van der Waals surface area contributed by atoms with Crippen molar-refractivity contribution >= 4 is 17.1 Å². The van der Waals surface area contributed by atoms with Crippen LogP contribution in [-0.4, -0.2) is 15.9 Å². The number of nitro benzene ring substituents is 2. The van der Waals surface area contributed by atoms with Crippen molar-refractivity contribution in [3.05, 3.63) is 42.8 Å². The first kappa shape index (κ1) is 18.5. The Kier molecular flexibility index (Phi) is 5.36. The summed E-state index contributed by atoms with van der Waals surface area (Å²) in [5, 5.41) is 26.4. The molecule has 0 bridgehead atoms. The summed E-state index contributed by atoms with van der Waals surface area (Å²) in [6.07, 6.45) is 0.446. The van der Waals surface area contributed by atoms with Crippen LogP contribution in [-0.2, 0) is 5.41 Å². The van der Waals surface area contributed by atoms with Gasteiger partial charge in [-0.15, -0.1) is 4.91 Å². The predicted molar refractivity (Wildman–Crippen MR) is 86.5 cm³/mol. The summed E-state index contributed by atoms with van der Waals surface area (Å²) in [4.78, 5) is 32.6. The van der Waals surface area contributed by atoms with E-state index in [0.29, 0.717) is 12.0 Å². The molecule has 0 amide bonds. The molecule has 0 aliphatic rings. The topological polar surface area (TPSA) is 119 Å². The lowest BCUT2D eigenvalue weighted by Crippen LogP contribution is -2.28. The fourth-order valence-electron chi connectivity index (χ4n) is 2.06. The smallest absolute Gasteiger partial charge is 0.258 e. The molecule has 0 aromatic heterocycles. The molecule has 23 heavy (non-hydrogen) atoms. The van der Waals surface area contributed by atoms with Crippen molar-refractivity contribution in [2.75, 3.05) is 5.01 Å². The average molecular weight is 324 g/mol. The van der Waals surface area contributed by atoms with E-state index in [9.17, 15) is 25.1 Å². The molecule has 0 spiro atoms. The SMILES string of the molecule is CCC(C)N(N=O)c1c([N+](=O)[O-])cc(C(C)(C)C)cc1[N+](=O)[O-]. The third kappa shape index (κ3) is 3.79. The Morgan fingerprint density at radius 2 is 1.61 bits per heavy atom. The highest BCUT2D eigenvalue weighted by Crippen LogP contribution is 2.42. The maximum absolute atomic E-state index is 11.4. The van der Waals surface area contributed by atoms with Crippen LogP contribution in [0.5, 0.6) is 0 Å². The van der Waals surface area contributed by atoms with Gasteiger partial charge in [0.15, 0.2) is 0 Å². The van der Waals surface area contributed by atoms with Gasteiger partial charge in [-0.2, -0.15) is 0 Å². The van der Waals surface area contributed by atoms with Crippen molar-refractivity contribution in [1.82, 2.24) is 0 Å². The van der Waals surface area contributed by atoms with Crippen molar-refractivity contribution in [1.29, 1.82) is 0 Å². The molecule has 0 fully saturated rings. The van der Waals surface area contributed by atoms with Crippen LogP contribution in [0.2, 0.25) is 0 Å². The van der Waals surface area contributed by atoms with Gasteiger partial charge >= 0.3 is 11.4 Å². The van der Waals surface area contributed by atoms with Gasteiger partial charge in [0.25, 0.3) is 0 Å². The highest BCUT2D eigenvalue weighted by atomic mass is 16.6. The standard InChI is InChI=1S/C14H20N4O5/c1-6-9(2)16(15-19)13-11(17(20)21)7-10(14(3,4)5)8-12(13)18(22)23/h7-9H,6H2,1-5H3. The zero-order valence-corrected chi connectivity index (χ0v) is 13.8. The van der Waals surface area contributed by atoms with E-state index in [-0.39, 0.29) is 5.69 Å². The first-order valence-corrected chi connectivity index (χ1v) is 7.14. The molecule has 0 saturated carbocycles. The van der Waals surface area contributed by atoms with Gasteiger partial charge in [-0.25, -0.2) is 5.01 Å². The van der Waals surface area contributed by atoms with E-state index in [1.54, 1.807) is 34.6 Å². The Balaban J connectivity index is 3.82. The fraction of sp³-hybridized carbons (Fsp3) is 0.571. The Morgan fingerprint density at radius 3 is 1.87 bits per heavy atom. The molecule has 1 unspecified atom stereocenters. The minimum Gasteiger partial charge on any atom is -0.258 e. The molecule has 1 rings (SSSR count). The van der Waals surface area contributed by atoms with E-state index in [1.165, 1.54) is 12.1 Å². The number of nitro groups is 2. The minimum absolute atomic E-state index is 0.377. The van der Waals surface area contributed by atoms with Crippen molar-refractivity contribution in [3.63, 3.8) is 0 Å². The van der Waals surface area contributed by atoms with Crippen LogP contribution in [0.1, 0.15) is 46.6 Å². The normalized spacial score (nSPS) is 12.6. The lowest BCUT2D eigenvalue weighted by molar-refractivity contribution is -0.392. The number of hydrogen-bond donors (Lipinski definition) is 0. The summed E-state index contributed by atoms with van der Waals surface area (Å²) in [5.74, 6) is 0. The number of nitrogens with zero attached hydrogens (tertiary/aromatic N) is 4. The summed E-state index contributed by atoms with van der Waals surface area (Å²) in [6.45, 7) is 8.75. The van der Waals surface area contributed by atoms with Gasteiger partial charge in [0.1, 0.15) is 0 Å². The van der Waals surface area contributed by atoms with E-state index in [4.69, 9.17) is 0 Å². The molecule has 1 aromatic rings. The van der Waals surface area contributed by atoms with Crippen molar-refractivity contribution in [2.24, 2.45) is 5.29 Å². The van der Waals surface area contributed by atoms with Crippen LogP contribution in [0.25, 0.3) is 0 Å². The van der Waals surface area contributed by atoms with Crippen LogP contribution in [0.15, 0.2) is 17.4 Å². The van der Waals surface area contributed by atoms with E-state index in [0.717, 1.165) is 5.01 Å². The number of hydrogen-bond acceptors (Lipinski definition) is 6. The van der Waals surface area contributed by atoms with Crippen LogP contribution in [0, 0.1) is 25.1 Å². The first-order valence-electron chi connectivity index (χ1n) is 7.14. The summed E-state index contributed by atoms with van der Waals surface area (Å²) in [6, 6.07) is 2.02. The molecule has 0 heterocycles. The third-order valence-corrected chi connectivity index (χ3v) is 3.65. The van der Waals surface area contributed by atoms with Crippen LogP contribution >= 0.6 is 0 Å². The zero-order chi connectivity index (χ0) is 17.9. The largest absolute Gasteiger partial charge is 0.302 e. The Bertz CT molecular complexity index is 604. The molecule has 0 saturated heterocycles. The van der Waals surface area contributed by atoms with Crippen LogP contribution < -0.4 is 5.01 Å². The second kappa shape index (κ2) is 6.67. The van der Waals surface area contributed by atoms with E-state index >= 15 is 0 Å². The summed E-state index contributed by atoms with van der Waals surface area (Å²) < 4.78 is 0. The van der Waals surface area contributed by atoms with E-state index < -0.39 is 32.7 Å². The number of rotatable bonds is 6. The number of nitroso groups, excluding NO2 is 1. The van der Waals surface area contributed by atoms with Crippen molar-refractivity contribution in [3.8, 4) is 0 Å². The highest BCUT2D eigenvalue weighted by Gasteiger charge is 2.35. The van der Waals surface area contributed by atoms with Gasteiger partial charge in [-0.05, 0) is 24.3 Å². The minimum atomic E-state index is -0.724. The molecule has 1 atom stereocenters. The molecule has 9 heteroatoms. The van der Waals surface area contributed by atoms with Crippen molar-refractivity contribution < 1.29 is 9.85 Å². The Morgan fingerprint density at radius 1 is 1.17 bits per heavy atom. The number of benzene rings is 1. The first-order chi connectivity index (χ1) is 10.5. The monoisotopic (exact) mass is 324 g/mol. The molecule has 0 aliphatic carbocycles. The van der Waals surface area contributed by atoms with Gasteiger partial charge in [0.05, 0.1) is 21.2 Å². The van der Waals surface area contributed by atoms with E-state index in [1.807, 2.05) is 0 Å². The molecule has 1 aromatic carbocycles. The highest BCUT2D eigenvalue weighted by molar-refractivity contribution is 5.76. The molecule has 0 N–H and O–H groups in total.